The van der Waals surface area contributed by atoms with Gasteiger partial charge in [-0.25, -0.2) is 4.79 Å². The van der Waals surface area contributed by atoms with Crippen molar-refractivity contribution < 1.29 is 28.7 Å². The number of carboxylic acids is 1. The molecular weight excluding hydrogens is 468 g/mol. The molecule has 2 heterocycles. The molecule has 1 aromatic heterocycles. The quantitative estimate of drug-likeness (QED) is 0.447. The fourth-order valence-electron chi connectivity index (χ4n) is 3.50. The minimum Gasteiger partial charge on any atom is -0.478 e. The number of hydrogen-bond donors (Lipinski definition) is 2. The van der Waals surface area contributed by atoms with Gasteiger partial charge in [0.05, 0.1) is 10.5 Å². The number of hydrogen-bond acceptors (Lipinski definition) is 6. The fraction of sp³-hybridized carbons (Fsp3) is 0.154. The summed E-state index contributed by atoms with van der Waals surface area (Å²) in [6.07, 6.45) is 1.84. The molecule has 1 saturated heterocycles. The smallest absolute Gasteiger partial charge is 0.335 e. The Hall–Kier alpha value is -4.11. The Morgan fingerprint density at radius 3 is 2.51 bits per heavy atom. The van der Waals surface area contributed by atoms with E-state index in [0.29, 0.717) is 22.8 Å². The Morgan fingerprint density at radius 2 is 1.80 bits per heavy atom. The monoisotopic (exact) mass is 490 g/mol. The topological polar surface area (TPSA) is 117 Å². The van der Waals surface area contributed by atoms with E-state index in [9.17, 15) is 24.3 Å². The van der Waals surface area contributed by atoms with Gasteiger partial charge in [0.25, 0.3) is 11.1 Å². The van der Waals surface area contributed by atoms with E-state index < -0.39 is 23.0 Å². The van der Waals surface area contributed by atoms with Crippen LogP contribution in [0.3, 0.4) is 0 Å². The number of furan rings is 1. The van der Waals surface area contributed by atoms with E-state index in [4.69, 9.17) is 4.42 Å². The molecule has 1 aliphatic heterocycles. The first-order valence-corrected chi connectivity index (χ1v) is 11.6. The van der Waals surface area contributed by atoms with Crippen LogP contribution in [-0.4, -0.2) is 39.6 Å². The number of anilines is 1. The number of aromatic carboxylic acids is 1. The molecule has 0 bridgehead atoms. The van der Waals surface area contributed by atoms with Gasteiger partial charge in [0.1, 0.15) is 18.1 Å². The highest BCUT2D eigenvalue weighted by Gasteiger charge is 2.36. The lowest BCUT2D eigenvalue weighted by atomic mass is 10.0. The van der Waals surface area contributed by atoms with Gasteiger partial charge in [0, 0.05) is 17.7 Å². The Labute approximate surface area is 205 Å². The number of imide groups is 1. The molecule has 0 saturated carbocycles. The molecule has 9 heteroatoms. The maximum absolute atomic E-state index is 12.7. The highest BCUT2D eigenvalue weighted by atomic mass is 32.2. The third-order valence-electron chi connectivity index (χ3n) is 5.41. The number of carbonyl (C=O) groups is 4. The van der Waals surface area contributed by atoms with E-state index in [1.807, 2.05) is 26.0 Å². The van der Waals surface area contributed by atoms with Gasteiger partial charge in [-0.05, 0) is 67.6 Å². The first-order chi connectivity index (χ1) is 16.7. The van der Waals surface area contributed by atoms with Gasteiger partial charge in [-0.15, -0.1) is 0 Å². The molecule has 4 rings (SSSR count). The number of aryl methyl sites for hydroxylation is 2. The van der Waals surface area contributed by atoms with Gasteiger partial charge in [0.15, 0.2) is 0 Å². The van der Waals surface area contributed by atoms with E-state index in [2.05, 4.69) is 5.32 Å². The largest absolute Gasteiger partial charge is 0.478 e. The molecule has 0 radical (unpaired) electrons. The van der Waals surface area contributed by atoms with Gasteiger partial charge >= 0.3 is 5.97 Å². The Morgan fingerprint density at radius 1 is 1.06 bits per heavy atom. The predicted molar refractivity (Wildman–Crippen MR) is 132 cm³/mol. The van der Waals surface area contributed by atoms with E-state index in [-0.39, 0.29) is 23.4 Å². The molecule has 178 valence electrons. The van der Waals surface area contributed by atoms with Gasteiger partial charge in [-0.3, -0.25) is 19.3 Å². The van der Waals surface area contributed by atoms with Crippen LogP contribution >= 0.6 is 11.8 Å². The van der Waals surface area contributed by atoms with E-state index >= 15 is 0 Å². The fourth-order valence-corrected chi connectivity index (χ4v) is 4.31. The molecular formula is C26H22N2O6S. The second-order valence-electron chi connectivity index (χ2n) is 8.05. The number of carboxylic acid groups (broad SMARTS) is 1. The van der Waals surface area contributed by atoms with Crippen LogP contribution in [0.5, 0.6) is 0 Å². The lowest BCUT2D eigenvalue weighted by molar-refractivity contribution is -0.127. The molecule has 0 atom stereocenters. The minimum atomic E-state index is -1.03. The van der Waals surface area contributed by atoms with Gasteiger partial charge in [-0.2, -0.15) is 0 Å². The Kier molecular flexibility index (Phi) is 6.88. The van der Waals surface area contributed by atoms with Crippen molar-refractivity contribution >= 4 is 40.5 Å². The summed E-state index contributed by atoms with van der Waals surface area (Å²) in [5.41, 5.74) is 3.31. The van der Waals surface area contributed by atoms with E-state index in [1.165, 1.54) is 6.07 Å². The number of nitrogens with one attached hydrogen (secondary N) is 1. The highest BCUT2D eigenvalue weighted by Crippen LogP contribution is 2.32. The second-order valence-corrected chi connectivity index (χ2v) is 9.04. The number of benzene rings is 2. The van der Waals surface area contributed by atoms with Crippen LogP contribution in [0, 0.1) is 13.8 Å². The zero-order valence-electron chi connectivity index (χ0n) is 19.0. The lowest BCUT2D eigenvalue weighted by Gasteiger charge is -2.12. The SMILES string of the molecule is Cc1ccc(NC(=O)CN2C(=O)S/C(=C\Cc3ccc(-c4cc(C(=O)O)ccc4C)o3)C2=O)cc1. The van der Waals surface area contributed by atoms with Gasteiger partial charge in [0.2, 0.25) is 5.91 Å². The third kappa shape index (κ3) is 5.52. The number of rotatable bonds is 7. The van der Waals surface area contributed by atoms with E-state index in [1.54, 1.807) is 42.5 Å². The predicted octanol–water partition coefficient (Wildman–Crippen LogP) is 5.02. The lowest BCUT2D eigenvalue weighted by Crippen LogP contribution is -2.36. The second kappa shape index (κ2) is 10.0. The molecule has 2 N–H and O–H groups in total. The van der Waals surface area contributed by atoms with Crippen molar-refractivity contribution in [1.29, 1.82) is 0 Å². The van der Waals surface area contributed by atoms with Crippen molar-refractivity contribution in [3.63, 3.8) is 0 Å². The zero-order valence-corrected chi connectivity index (χ0v) is 19.8. The summed E-state index contributed by atoms with van der Waals surface area (Å²) in [5, 5.41) is 11.4. The number of carbonyl (C=O) groups excluding carboxylic acids is 3. The summed E-state index contributed by atoms with van der Waals surface area (Å²) < 4.78 is 5.85. The molecule has 0 aliphatic carbocycles. The summed E-state index contributed by atoms with van der Waals surface area (Å²) >= 11 is 0.774. The first kappa shape index (κ1) is 24.0. The summed E-state index contributed by atoms with van der Waals surface area (Å²) in [7, 11) is 0. The van der Waals surface area contributed by atoms with Crippen molar-refractivity contribution in [2.75, 3.05) is 11.9 Å². The standard InChI is InChI=1S/C26H22N2O6S/c1-15-3-7-18(8-4-15)27-23(29)14-28-24(30)22(35-26(28)33)12-10-19-9-11-21(34-19)20-13-17(25(31)32)6-5-16(20)2/h3-9,11-13H,10,14H2,1-2H3,(H,27,29)(H,31,32)/b22-12-. The maximum atomic E-state index is 12.7. The first-order valence-electron chi connectivity index (χ1n) is 10.7. The normalized spacial score (nSPS) is 14.6. The van der Waals surface area contributed by atoms with Gasteiger partial charge in [-0.1, -0.05) is 29.8 Å². The summed E-state index contributed by atoms with van der Waals surface area (Å²) in [6, 6.07) is 15.5. The Bertz CT molecular complexity index is 1360. The molecule has 8 nitrogen and oxygen atoms in total. The van der Waals surface area contributed by atoms with Crippen LogP contribution in [0.25, 0.3) is 11.3 Å². The van der Waals surface area contributed by atoms with Crippen LogP contribution in [0.15, 0.2) is 70.0 Å². The maximum Gasteiger partial charge on any atom is 0.335 e. The van der Waals surface area contributed by atoms with E-state index in [0.717, 1.165) is 27.8 Å². The van der Waals surface area contributed by atoms with Crippen LogP contribution in [-0.2, 0) is 16.0 Å². The number of nitrogens with zero attached hydrogens (tertiary/aromatic N) is 1. The van der Waals surface area contributed by atoms with Crippen molar-refractivity contribution in [2.45, 2.75) is 20.3 Å². The number of allylic oxidation sites excluding steroid dienone is 1. The molecule has 0 spiro atoms. The van der Waals surface area contributed by atoms with Crippen LogP contribution in [0.4, 0.5) is 10.5 Å². The average Bonchev–Trinajstić information content (AvgIpc) is 3.39. The molecule has 3 amide bonds. The van der Waals surface area contributed by atoms with Crippen molar-refractivity contribution in [3.05, 3.63) is 88.0 Å². The van der Waals surface area contributed by atoms with Crippen LogP contribution in [0.1, 0.15) is 27.2 Å². The molecule has 1 fully saturated rings. The minimum absolute atomic E-state index is 0.156. The van der Waals surface area contributed by atoms with Crippen LogP contribution < -0.4 is 5.32 Å². The molecule has 2 aromatic carbocycles. The average molecular weight is 491 g/mol. The number of thioether (sulfide) groups is 1. The molecule has 3 aromatic rings. The highest BCUT2D eigenvalue weighted by molar-refractivity contribution is 8.18. The summed E-state index contributed by atoms with van der Waals surface area (Å²) in [5.74, 6) is -0.969. The molecule has 1 aliphatic rings. The summed E-state index contributed by atoms with van der Waals surface area (Å²) in [4.78, 5) is 49.8. The van der Waals surface area contributed by atoms with Crippen LogP contribution in [0.2, 0.25) is 0 Å². The van der Waals surface area contributed by atoms with Crippen molar-refractivity contribution in [1.82, 2.24) is 4.90 Å². The molecule has 35 heavy (non-hydrogen) atoms. The third-order valence-corrected chi connectivity index (χ3v) is 6.37. The van der Waals surface area contributed by atoms with Gasteiger partial charge < -0.3 is 14.8 Å². The number of amides is 3. The summed E-state index contributed by atoms with van der Waals surface area (Å²) in [6.45, 7) is 3.41. The van der Waals surface area contributed by atoms with Crippen molar-refractivity contribution in [2.24, 2.45) is 0 Å². The molecule has 0 unspecified atom stereocenters. The Balaban J connectivity index is 1.41. The van der Waals surface area contributed by atoms with Crippen molar-refractivity contribution in [3.8, 4) is 11.3 Å². The zero-order chi connectivity index (χ0) is 25.1.